The molecule has 0 fully saturated rings. The molecule has 0 aliphatic rings. The zero-order valence-corrected chi connectivity index (χ0v) is 16.0. The topological polar surface area (TPSA) is 75.2 Å². The van der Waals surface area contributed by atoms with Crippen molar-refractivity contribution < 1.29 is 14.0 Å². The monoisotopic (exact) mass is 378 g/mol. The fourth-order valence-corrected chi connectivity index (χ4v) is 2.98. The molecule has 0 aliphatic heterocycles. The van der Waals surface area contributed by atoms with Crippen molar-refractivity contribution in [2.45, 2.75) is 26.5 Å². The summed E-state index contributed by atoms with van der Waals surface area (Å²) in [5, 5.41) is 4.01. The van der Waals surface area contributed by atoms with Crippen molar-refractivity contribution in [1.29, 1.82) is 0 Å². The average molecular weight is 378 g/mol. The van der Waals surface area contributed by atoms with Gasteiger partial charge in [-0.05, 0) is 31.2 Å². The van der Waals surface area contributed by atoms with Crippen molar-refractivity contribution in [3.63, 3.8) is 0 Å². The highest BCUT2D eigenvalue weighted by Gasteiger charge is 2.15. The van der Waals surface area contributed by atoms with E-state index in [2.05, 4.69) is 21.6 Å². The Morgan fingerprint density at radius 3 is 2.68 bits per heavy atom. The molecule has 0 aliphatic carbocycles. The molecule has 4 aromatic rings. The second kappa shape index (κ2) is 8.22. The highest BCUT2D eigenvalue weighted by molar-refractivity contribution is 5.75. The molecule has 0 N–H and O–H groups in total. The predicted octanol–water partition coefficient (Wildman–Crippen LogP) is 3.54. The molecule has 0 radical (unpaired) electrons. The molecule has 28 heavy (non-hydrogen) atoms. The van der Waals surface area contributed by atoms with E-state index in [0.29, 0.717) is 37.9 Å². The Morgan fingerprint density at radius 1 is 1.04 bits per heavy atom. The van der Waals surface area contributed by atoms with E-state index in [1.165, 1.54) is 5.56 Å². The van der Waals surface area contributed by atoms with Crippen LogP contribution in [0.3, 0.4) is 0 Å². The van der Waals surface area contributed by atoms with Gasteiger partial charge < -0.3 is 18.6 Å². The number of para-hydroxylation sites is 2. The van der Waals surface area contributed by atoms with Crippen LogP contribution in [0.5, 0.6) is 5.75 Å². The molecule has 2 heterocycles. The van der Waals surface area contributed by atoms with Crippen LogP contribution in [0.4, 0.5) is 0 Å². The minimum atomic E-state index is 0.350. The van der Waals surface area contributed by atoms with E-state index in [4.69, 9.17) is 19.0 Å². The van der Waals surface area contributed by atoms with Crippen molar-refractivity contribution >= 4 is 11.0 Å². The molecule has 7 heteroatoms. The molecular formula is C21H22N4O3. The lowest BCUT2D eigenvalue weighted by molar-refractivity contribution is 0.199. The van der Waals surface area contributed by atoms with Crippen LogP contribution in [0.15, 0.2) is 53.1 Å². The van der Waals surface area contributed by atoms with Gasteiger partial charge >= 0.3 is 0 Å². The first-order valence-corrected chi connectivity index (χ1v) is 9.17. The number of imidazole rings is 1. The van der Waals surface area contributed by atoms with Gasteiger partial charge in [-0.1, -0.05) is 35.0 Å². The standard InChI is InChI=1S/C21H22N4O3/c1-15-7-9-16(10-8-15)27-14-20-22-17-5-3-4-6-18(17)25(20)13-21-23-19(24-28-21)11-12-26-2/h3-10H,11-14H2,1-2H3. The minimum Gasteiger partial charge on any atom is -0.486 e. The van der Waals surface area contributed by atoms with Gasteiger partial charge in [-0.2, -0.15) is 4.98 Å². The Balaban J connectivity index is 1.58. The number of fused-ring (bicyclic) bond motifs is 1. The fraction of sp³-hybridized carbons (Fsp3) is 0.286. The van der Waals surface area contributed by atoms with Gasteiger partial charge in [0.05, 0.1) is 17.6 Å². The molecule has 0 amide bonds. The van der Waals surface area contributed by atoms with Gasteiger partial charge in [-0.3, -0.25) is 0 Å². The van der Waals surface area contributed by atoms with Crippen LogP contribution in [0.25, 0.3) is 11.0 Å². The van der Waals surface area contributed by atoms with Crippen molar-refractivity contribution in [3.05, 3.63) is 71.6 Å². The first-order valence-electron chi connectivity index (χ1n) is 9.17. The van der Waals surface area contributed by atoms with Crippen LogP contribution in [-0.4, -0.2) is 33.4 Å². The Morgan fingerprint density at radius 2 is 1.86 bits per heavy atom. The molecule has 2 aromatic carbocycles. The third-order valence-corrected chi connectivity index (χ3v) is 4.46. The van der Waals surface area contributed by atoms with Crippen LogP contribution in [0.2, 0.25) is 0 Å². The Hall–Kier alpha value is -3.19. The zero-order valence-electron chi connectivity index (χ0n) is 16.0. The van der Waals surface area contributed by atoms with E-state index in [9.17, 15) is 0 Å². The van der Waals surface area contributed by atoms with Crippen LogP contribution < -0.4 is 4.74 Å². The lowest BCUT2D eigenvalue weighted by Gasteiger charge is -2.09. The highest BCUT2D eigenvalue weighted by Crippen LogP contribution is 2.20. The molecule has 0 spiro atoms. The highest BCUT2D eigenvalue weighted by atomic mass is 16.5. The number of ether oxygens (including phenoxy) is 2. The van der Waals surface area contributed by atoms with Crippen LogP contribution in [0.1, 0.15) is 23.1 Å². The van der Waals surface area contributed by atoms with Gasteiger partial charge in [-0.25, -0.2) is 4.98 Å². The second-order valence-corrected chi connectivity index (χ2v) is 6.55. The number of methoxy groups -OCH3 is 1. The molecule has 0 bridgehead atoms. The zero-order chi connectivity index (χ0) is 19.3. The number of hydrogen-bond acceptors (Lipinski definition) is 6. The normalized spacial score (nSPS) is 11.2. The summed E-state index contributed by atoms with van der Waals surface area (Å²) in [4.78, 5) is 9.18. The maximum absolute atomic E-state index is 5.95. The summed E-state index contributed by atoms with van der Waals surface area (Å²) in [7, 11) is 1.65. The van der Waals surface area contributed by atoms with Gasteiger partial charge in [0.1, 0.15) is 24.7 Å². The van der Waals surface area contributed by atoms with E-state index < -0.39 is 0 Å². The number of benzene rings is 2. The SMILES string of the molecule is COCCc1noc(Cn2c(COc3ccc(C)cc3)nc3ccccc32)n1. The third kappa shape index (κ3) is 4.04. The largest absolute Gasteiger partial charge is 0.486 e. The fourth-order valence-electron chi connectivity index (χ4n) is 2.98. The smallest absolute Gasteiger partial charge is 0.246 e. The molecular weight excluding hydrogens is 356 g/mol. The number of aromatic nitrogens is 4. The van der Waals surface area contributed by atoms with Gasteiger partial charge in [-0.15, -0.1) is 0 Å². The van der Waals surface area contributed by atoms with Crippen LogP contribution >= 0.6 is 0 Å². The Kier molecular flexibility index (Phi) is 5.34. The van der Waals surface area contributed by atoms with Gasteiger partial charge in [0.25, 0.3) is 0 Å². The molecule has 0 saturated heterocycles. The summed E-state index contributed by atoms with van der Waals surface area (Å²) < 4.78 is 18.5. The summed E-state index contributed by atoms with van der Waals surface area (Å²) in [6.07, 6.45) is 0.619. The predicted molar refractivity (Wildman–Crippen MR) is 104 cm³/mol. The number of nitrogens with zero attached hydrogens (tertiary/aromatic N) is 4. The van der Waals surface area contributed by atoms with Gasteiger partial charge in [0.2, 0.25) is 5.89 Å². The van der Waals surface area contributed by atoms with Crippen molar-refractivity contribution in [3.8, 4) is 5.75 Å². The Labute approximate surface area is 162 Å². The van der Waals surface area contributed by atoms with Crippen LogP contribution in [-0.2, 0) is 24.3 Å². The van der Waals surface area contributed by atoms with Crippen LogP contribution in [0, 0.1) is 6.92 Å². The molecule has 2 aromatic heterocycles. The number of aryl methyl sites for hydroxylation is 1. The maximum atomic E-state index is 5.95. The van der Waals surface area contributed by atoms with Crippen molar-refractivity contribution in [1.82, 2.24) is 19.7 Å². The van der Waals surface area contributed by atoms with Gasteiger partial charge in [0.15, 0.2) is 5.82 Å². The average Bonchev–Trinajstić information content (AvgIpc) is 3.31. The van der Waals surface area contributed by atoms with E-state index in [1.54, 1.807) is 7.11 Å². The maximum Gasteiger partial charge on any atom is 0.246 e. The first-order chi connectivity index (χ1) is 13.7. The summed E-state index contributed by atoms with van der Waals surface area (Å²) in [6, 6.07) is 15.9. The van der Waals surface area contributed by atoms with E-state index in [0.717, 1.165) is 22.6 Å². The first kappa shape index (κ1) is 18.2. The molecule has 0 unspecified atom stereocenters. The lowest BCUT2D eigenvalue weighted by atomic mass is 10.2. The number of hydrogen-bond donors (Lipinski definition) is 0. The molecule has 144 valence electrons. The summed E-state index contributed by atoms with van der Waals surface area (Å²) in [6.45, 7) is 3.40. The van der Waals surface area contributed by atoms with Gasteiger partial charge in [0, 0.05) is 13.5 Å². The molecule has 7 nitrogen and oxygen atoms in total. The summed E-state index contributed by atoms with van der Waals surface area (Å²) in [5.74, 6) is 2.78. The third-order valence-electron chi connectivity index (χ3n) is 4.46. The second-order valence-electron chi connectivity index (χ2n) is 6.55. The molecule has 4 rings (SSSR count). The molecule has 0 atom stereocenters. The number of rotatable bonds is 8. The lowest BCUT2D eigenvalue weighted by Crippen LogP contribution is -2.09. The Bertz CT molecular complexity index is 1050. The minimum absolute atomic E-state index is 0.350. The quantitative estimate of drug-likeness (QED) is 0.467. The van der Waals surface area contributed by atoms with Crippen molar-refractivity contribution in [2.75, 3.05) is 13.7 Å². The molecule has 0 saturated carbocycles. The van der Waals surface area contributed by atoms with E-state index in [-0.39, 0.29) is 0 Å². The van der Waals surface area contributed by atoms with Crippen molar-refractivity contribution in [2.24, 2.45) is 0 Å². The summed E-state index contributed by atoms with van der Waals surface area (Å²) >= 11 is 0. The summed E-state index contributed by atoms with van der Waals surface area (Å²) in [5.41, 5.74) is 3.10. The van der Waals surface area contributed by atoms with E-state index >= 15 is 0 Å². The van der Waals surface area contributed by atoms with E-state index in [1.807, 2.05) is 48.5 Å².